The van der Waals surface area contributed by atoms with E-state index in [0.717, 1.165) is 11.9 Å². The van der Waals surface area contributed by atoms with Crippen molar-refractivity contribution >= 4 is 11.5 Å². The minimum Gasteiger partial charge on any atom is -0.492 e. The molecule has 0 unspecified atom stereocenters. The summed E-state index contributed by atoms with van der Waals surface area (Å²) in [6.07, 6.45) is 1.11. The Hall–Kier alpha value is -3.14. The van der Waals surface area contributed by atoms with Gasteiger partial charge in [0.25, 0.3) is 5.69 Å². The molecule has 0 saturated heterocycles. The zero-order valence-electron chi connectivity index (χ0n) is 11.0. The number of pyridine rings is 1. The Balaban J connectivity index is 1.91. The Morgan fingerprint density at radius 1 is 1.38 bits per heavy atom. The van der Waals surface area contributed by atoms with E-state index in [1.54, 1.807) is 0 Å². The number of hydrogen-bond acceptors (Lipinski definition) is 6. The third-order valence-electron chi connectivity index (χ3n) is 2.61. The van der Waals surface area contributed by atoms with Crippen LogP contribution in [0.1, 0.15) is 5.56 Å². The van der Waals surface area contributed by atoms with E-state index in [9.17, 15) is 10.1 Å². The van der Waals surface area contributed by atoms with Crippen molar-refractivity contribution in [2.45, 2.75) is 0 Å². The summed E-state index contributed by atoms with van der Waals surface area (Å²) >= 11 is 0. The van der Waals surface area contributed by atoms with Crippen LogP contribution in [0, 0.1) is 21.4 Å². The molecule has 0 amide bonds. The first-order chi connectivity index (χ1) is 10.2. The molecule has 2 rings (SSSR count). The minimum absolute atomic E-state index is 0.129. The number of nitriles is 1. The molecule has 7 nitrogen and oxygen atoms in total. The lowest BCUT2D eigenvalue weighted by Crippen LogP contribution is -2.13. The summed E-state index contributed by atoms with van der Waals surface area (Å²) in [5.41, 5.74) is -0.0819. The summed E-state index contributed by atoms with van der Waals surface area (Å²) in [5, 5.41) is 22.5. The van der Waals surface area contributed by atoms with Crippen molar-refractivity contribution in [1.29, 1.82) is 5.26 Å². The van der Waals surface area contributed by atoms with Crippen molar-refractivity contribution in [3.05, 3.63) is 58.3 Å². The van der Waals surface area contributed by atoms with Crippen LogP contribution in [-0.4, -0.2) is 23.1 Å². The first-order valence-electron chi connectivity index (χ1n) is 6.17. The second-order valence-corrected chi connectivity index (χ2v) is 4.05. The van der Waals surface area contributed by atoms with Gasteiger partial charge in [0.05, 0.1) is 11.5 Å². The van der Waals surface area contributed by atoms with Gasteiger partial charge in [-0.3, -0.25) is 10.1 Å². The smallest absolute Gasteiger partial charge is 0.289 e. The Morgan fingerprint density at radius 3 is 2.81 bits per heavy atom. The van der Waals surface area contributed by atoms with Gasteiger partial charge in [0.1, 0.15) is 36.0 Å². The summed E-state index contributed by atoms with van der Waals surface area (Å²) in [6, 6.07) is 12.4. The molecule has 0 fully saturated rings. The van der Waals surface area contributed by atoms with Crippen LogP contribution in [-0.2, 0) is 0 Å². The van der Waals surface area contributed by atoms with E-state index < -0.39 is 4.92 Å². The maximum Gasteiger partial charge on any atom is 0.289 e. The molecule has 1 aromatic carbocycles. The summed E-state index contributed by atoms with van der Waals surface area (Å²) in [7, 11) is 0. The van der Waals surface area contributed by atoms with Gasteiger partial charge in [0.15, 0.2) is 0 Å². The predicted octanol–water partition coefficient (Wildman–Crippen LogP) is 2.35. The second-order valence-electron chi connectivity index (χ2n) is 4.05. The Labute approximate surface area is 121 Å². The molecule has 0 saturated carbocycles. The molecule has 21 heavy (non-hydrogen) atoms. The predicted molar refractivity (Wildman–Crippen MR) is 76.0 cm³/mol. The number of ether oxygens (including phenoxy) is 1. The third kappa shape index (κ3) is 3.91. The normalized spacial score (nSPS) is 9.67. The number of para-hydroxylation sites is 1. The highest BCUT2D eigenvalue weighted by atomic mass is 16.6. The van der Waals surface area contributed by atoms with Gasteiger partial charge in [-0.2, -0.15) is 5.26 Å². The fourth-order valence-electron chi connectivity index (χ4n) is 1.63. The van der Waals surface area contributed by atoms with Crippen LogP contribution < -0.4 is 10.1 Å². The molecule has 2 aromatic rings. The topological polar surface area (TPSA) is 101 Å². The zero-order valence-corrected chi connectivity index (χ0v) is 11.0. The molecule has 0 aliphatic carbocycles. The number of rotatable bonds is 6. The van der Waals surface area contributed by atoms with E-state index >= 15 is 0 Å². The van der Waals surface area contributed by atoms with Crippen LogP contribution in [0.3, 0.4) is 0 Å². The van der Waals surface area contributed by atoms with Gasteiger partial charge < -0.3 is 10.1 Å². The monoisotopic (exact) mass is 284 g/mol. The number of nitrogens with one attached hydrogen (secondary N) is 1. The van der Waals surface area contributed by atoms with Gasteiger partial charge in [-0.05, 0) is 12.1 Å². The molecule has 1 aromatic heterocycles. The van der Waals surface area contributed by atoms with Crippen LogP contribution in [0.25, 0.3) is 0 Å². The number of anilines is 1. The van der Waals surface area contributed by atoms with E-state index in [1.165, 1.54) is 6.07 Å². The Bertz CT molecular complexity index is 668. The highest BCUT2D eigenvalue weighted by Crippen LogP contribution is 2.18. The van der Waals surface area contributed by atoms with Gasteiger partial charge in [0, 0.05) is 6.07 Å². The average molecular weight is 284 g/mol. The number of aromatic nitrogens is 1. The fourth-order valence-corrected chi connectivity index (χ4v) is 1.63. The van der Waals surface area contributed by atoms with Gasteiger partial charge in [-0.25, -0.2) is 4.98 Å². The van der Waals surface area contributed by atoms with Crippen molar-refractivity contribution in [2.24, 2.45) is 0 Å². The second kappa shape index (κ2) is 6.86. The quantitative estimate of drug-likeness (QED) is 0.496. The van der Waals surface area contributed by atoms with E-state index in [1.807, 2.05) is 36.4 Å². The van der Waals surface area contributed by atoms with Crippen LogP contribution in [0.15, 0.2) is 42.6 Å². The van der Waals surface area contributed by atoms with Crippen molar-refractivity contribution in [3.8, 4) is 11.8 Å². The molecule has 0 atom stereocenters. The summed E-state index contributed by atoms with van der Waals surface area (Å²) < 4.78 is 5.48. The molecule has 0 spiro atoms. The van der Waals surface area contributed by atoms with E-state index in [2.05, 4.69) is 10.3 Å². The van der Waals surface area contributed by atoms with Crippen molar-refractivity contribution < 1.29 is 9.66 Å². The average Bonchev–Trinajstić information content (AvgIpc) is 2.52. The Morgan fingerprint density at radius 2 is 2.14 bits per heavy atom. The SMILES string of the molecule is N#Cc1cc([N+](=O)[O-])cnc1NCCOc1ccccc1. The molecule has 0 aliphatic heterocycles. The highest BCUT2D eigenvalue weighted by Gasteiger charge is 2.11. The number of benzene rings is 1. The van der Waals surface area contributed by atoms with Crippen molar-refractivity contribution in [3.63, 3.8) is 0 Å². The molecule has 1 N–H and O–H groups in total. The van der Waals surface area contributed by atoms with Gasteiger partial charge in [-0.1, -0.05) is 18.2 Å². The number of nitrogens with zero attached hydrogens (tertiary/aromatic N) is 3. The fraction of sp³-hybridized carbons (Fsp3) is 0.143. The summed E-state index contributed by atoms with van der Waals surface area (Å²) in [4.78, 5) is 13.9. The first kappa shape index (κ1) is 14.3. The highest BCUT2D eigenvalue weighted by molar-refractivity contribution is 5.55. The van der Waals surface area contributed by atoms with Crippen LogP contribution >= 0.6 is 0 Å². The largest absolute Gasteiger partial charge is 0.492 e. The maximum atomic E-state index is 10.6. The molecular formula is C14H12N4O3. The third-order valence-corrected chi connectivity index (χ3v) is 2.61. The number of hydrogen-bond donors (Lipinski definition) is 1. The lowest BCUT2D eigenvalue weighted by atomic mass is 10.2. The van der Waals surface area contributed by atoms with Crippen LogP contribution in [0.5, 0.6) is 5.75 Å². The lowest BCUT2D eigenvalue weighted by Gasteiger charge is -2.08. The standard InChI is InChI=1S/C14H12N4O3/c15-9-11-8-12(18(19)20)10-17-14(11)16-6-7-21-13-4-2-1-3-5-13/h1-5,8,10H,6-7H2,(H,16,17). The molecule has 0 radical (unpaired) electrons. The van der Waals surface area contributed by atoms with Crippen LogP contribution in [0.4, 0.5) is 11.5 Å². The van der Waals surface area contributed by atoms with Crippen LogP contribution in [0.2, 0.25) is 0 Å². The zero-order chi connectivity index (χ0) is 15.1. The van der Waals surface area contributed by atoms with Gasteiger partial charge >= 0.3 is 0 Å². The van der Waals surface area contributed by atoms with E-state index in [4.69, 9.17) is 10.00 Å². The van der Waals surface area contributed by atoms with Crippen molar-refractivity contribution in [1.82, 2.24) is 4.98 Å². The van der Waals surface area contributed by atoms with Crippen molar-refractivity contribution in [2.75, 3.05) is 18.5 Å². The maximum absolute atomic E-state index is 10.6. The number of nitro groups is 1. The summed E-state index contributed by atoms with van der Waals surface area (Å²) in [5.74, 6) is 1.05. The lowest BCUT2D eigenvalue weighted by molar-refractivity contribution is -0.385. The summed E-state index contributed by atoms with van der Waals surface area (Å²) in [6.45, 7) is 0.807. The molecule has 0 bridgehead atoms. The van der Waals surface area contributed by atoms with E-state index in [0.29, 0.717) is 19.0 Å². The molecule has 106 valence electrons. The minimum atomic E-state index is -0.587. The first-order valence-corrected chi connectivity index (χ1v) is 6.17. The molecule has 7 heteroatoms. The molecular weight excluding hydrogens is 272 g/mol. The Kier molecular flexibility index (Phi) is 4.66. The van der Waals surface area contributed by atoms with E-state index in [-0.39, 0.29) is 11.3 Å². The van der Waals surface area contributed by atoms with Gasteiger partial charge in [0.2, 0.25) is 0 Å². The molecule has 1 heterocycles. The van der Waals surface area contributed by atoms with Gasteiger partial charge in [-0.15, -0.1) is 0 Å². The molecule has 0 aliphatic rings.